The fourth-order valence-corrected chi connectivity index (χ4v) is 1.70. The van der Waals surface area contributed by atoms with Crippen LogP contribution in [-0.2, 0) is 0 Å². The standard InChI is InChI=1S/C7H11N3/c1-2-4-6(3-1)7-8-5-9-10-7/h5-7H,1-4H2. The first-order valence-electron chi connectivity index (χ1n) is 3.88. The third-order valence-corrected chi connectivity index (χ3v) is 2.28. The predicted molar refractivity (Wildman–Crippen MR) is 39.1 cm³/mol. The van der Waals surface area contributed by atoms with E-state index in [2.05, 4.69) is 15.2 Å². The lowest BCUT2D eigenvalue weighted by molar-refractivity contribution is 0.445. The Morgan fingerprint density at radius 3 is 2.60 bits per heavy atom. The SMILES string of the molecule is C1=NC(C2CCCC2)N=N1. The first kappa shape index (κ1) is 6.01. The topological polar surface area (TPSA) is 37.1 Å². The average Bonchev–Trinajstić information content (AvgIpc) is 2.59. The molecule has 1 saturated carbocycles. The Balaban J connectivity index is 1.98. The summed E-state index contributed by atoms with van der Waals surface area (Å²) in [7, 11) is 0. The van der Waals surface area contributed by atoms with E-state index >= 15 is 0 Å². The summed E-state index contributed by atoms with van der Waals surface area (Å²) in [4.78, 5) is 4.16. The maximum Gasteiger partial charge on any atom is 0.165 e. The Labute approximate surface area is 60.3 Å². The lowest BCUT2D eigenvalue weighted by Gasteiger charge is -2.08. The van der Waals surface area contributed by atoms with Crippen molar-refractivity contribution in [3.8, 4) is 0 Å². The highest BCUT2D eigenvalue weighted by Gasteiger charge is 2.25. The molecule has 1 fully saturated rings. The molecule has 0 aromatic heterocycles. The summed E-state index contributed by atoms with van der Waals surface area (Å²) in [6.07, 6.45) is 7.05. The summed E-state index contributed by atoms with van der Waals surface area (Å²) < 4.78 is 0. The zero-order valence-corrected chi connectivity index (χ0v) is 5.90. The zero-order chi connectivity index (χ0) is 6.81. The maximum atomic E-state index is 4.16. The Morgan fingerprint density at radius 2 is 2.00 bits per heavy atom. The van der Waals surface area contributed by atoms with Crippen molar-refractivity contribution >= 4 is 6.34 Å². The molecule has 3 nitrogen and oxygen atoms in total. The molecule has 0 amide bonds. The van der Waals surface area contributed by atoms with Crippen molar-refractivity contribution in [3.05, 3.63) is 0 Å². The molecule has 0 bridgehead atoms. The van der Waals surface area contributed by atoms with Crippen molar-refractivity contribution in [3.63, 3.8) is 0 Å². The summed E-state index contributed by atoms with van der Waals surface area (Å²) in [5.74, 6) is 0.697. The van der Waals surface area contributed by atoms with E-state index in [9.17, 15) is 0 Å². The van der Waals surface area contributed by atoms with Gasteiger partial charge in [0.1, 0.15) is 6.34 Å². The average molecular weight is 137 g/mol. The molecule has 2 rings (SSSR count). The van der Waals surface area contributed by atoms with Gasteiger partial charge in [0.25, 0.3) is 0 Å². The number of rotatable bonds is 1. The minimum Gasteiger partial charge on any atom is -0.243 e. The second kappa shape index (κ2) is 2.48. The quantitative estimate of drug-likeness (QED) is 0.530. The first-order chi connectivity index (χ1) is 4.97. The van der Waals surface area contributed by atoms with Crippen LogP contribution in [0.25, 0.3) is 0 Å². The number of hydrogen-bond acceptors (Lipinski definition) is 3. The van der Waals surface area contributed by atoms with Crippen molar-refractivity contribution in [1.82, 2.24) is 0 Å². The highest BCUT2D eigenvalue weighted by molar-refractivity contribution is 5.56. The molecule has 0 aromatic carbocycles. The van der Waals surface area contributed by atoms with Crippen molar-refractivity contribution in [2.24, 2.45) is 21.1 Å². The molecule has 0 saturated heterocycles. The van der Waals surface area contributed by atoms with E-state index in [0.29, 0.717) is 5.92 Å². The van der Waals surface area contributed by atoms with Crippen LogP contribution >= 0.6 is 0 Å². The van der Waals surface area contributed by atoms with Crippen molar-refractivity contribution in [1.29, 1.82) is 0 Å². The van der Waals surface area contributed by atoms with Gasteiger partial charge in [-0.25, -0.2) is 4.99 Å². The van der Waals surface area contributed by atoms with E-state index < -0.39 is 0 Å². The van der Waals surface area contributed by atoms with E-state index in [0.717, 1.165) is 0 Å². The number of azo groups is 1. The smallest absolute Gasteiger partial charge is 0.165 e. The summed E-state index contributed by atoms with van der Waals surface area (Å²) in [6.45, 7) is 0. The molecule has 0 radical (unpaired) electrons. The molecule has 1 aliphatic heterocycles. The van der Waals surface area contributed by atoms with E-state index in [-0.39, 0.29) is 6.17 Å². The Bertz CT molecular complexity index is 156. The molecule has 0 N–H and O–H groups in total. The van der Waals surface area contributed by atoms with E-state index in [1.165, 1.54) is 25.7 Å². The minimum atomic E-state index is 0.183. The van der Waals surface area contributed by atoms with Gasteiger partial charge in [-0.1, -0.05) is 12.8 Å². The van der Waals surface area contributed by atoms with Crippen LogP contribution in [-0.4, -0.2) is 12.5 Å². The molecule has 1 atom stereocenters. The van der Waals surface area contributed by atoms with Crippen LogP contribution in [0.2, 0.25) is 0 Å². The molecule has 0 aromatic rings. The molecular weight excluding hydrogens is 126 g/mol. The molecule has 10 heavy (non-hydrogen) atoms. The van der Waals surface area contributed by atoms with E-state index in [1.54, 1.807) is 6.34 Å². The Hall–Kier alpha value is -0.730. The van der Waals surface area contributed by atoms with Gasteiger partial charge < -0.3 is 0 Å². The van der Waals surface area contributed by atoms with Crippen LogP contribution in [0, 0.1) is 5.92 Å². The summed E-state index contributed by atoms with van der Waals surface area (Å²) in [6, 6.07) is 0. The van der Waals surface area contributed by atoms with Crippen LogP contribution < -0.4 is 0 Å². The molecule has 1 heterocycles. The third-order valence-electron chi connectivity index (χ3n) is 2.28. The lowest BCUT2D eigenvalue weighted by atomic mass is 10.1. The Morgan fingerprint density at radius 1 is 1.20 bits per heavy atom. The summed E-state index contributed by atoms with van der Waals surface area (Å²) in [5, 5.41) is 7.76. The molecule has 2 aliphatic rings. The second-order valence-electron chi connectivity index (χ2n) is 2.95. The Kier molecular flexibility index (Phi) is 1.49. The van der Waals surface area contributed by atoms with Gasteiger partial charge in [0.15, 0.2) is 6.17 Å². The van der Waals surface area contributed by atoms with Gasteiger partial charge in [0.05, 0.1) is 0 Å². The minimum absolute atomic E-state index is 0.183. The zero-order valence-electron chi connectivity index (χ0n) is 5.90. The number of nitrogens with zero attached hydrogens (tertiary/aromatic N) is 3. The second-order valence-corrected chi connectivity index (χ2v) is 2.95. The van der Waals surface area contributed by atoms with Gasteiger partial charge in [-0.05, 0) is 12.8 Å². The number of aliphatic imine (C=N–C) groups is 1. The fourth-order valence-electron chi connectivity index (χ4n) is 1.70. The highest BCUT2D eigenvalue weighted by Crippen LogP contribution is 2.30. The first-order valence-corrected chi connectivity index (χ1v) is 3.88. The van der Waals surface area contributed by atoms with Gasteiger partial charge in [-0.2, -0.15) is 5.11 Å². The molecule has 1 unspecified atom stereocenters. The largest absolute Gasteiger partial charge is 0.243 e. The van der Waals surface area contributed by atoms with E-state index in [1.807, 2.05) is 0 Å². The maximum absolute atomic E-state index is 4.16. The predicted octanol–water partition coefficient (Wildman–Crippen LogP) is 2.00. The van der Waals surface area contributed by atoms with Crippen molar-refractivity contribution in [2.75, 3.05) is 0 Å². The molecule has 3 heteroatoms. The van der Waals surface area contributed by atoms with Gasteiger partial charge in [0.2, 0.25) is 0 Å². The van der Waals surface area contributed by atoms with Crippen LogP contribution in [0.1, 0.15) is 25.7 Å². The van der Waals surface area contributed by atoms with Gasteiger partial charge in [0, 0.05) is 5.92 Å². The molecule has 0 spiro atoms. The summed E-state index contributed by atoms with van der Waals surface area (Å²) in [5.41, 5.74) is 0. The molecular formula is C7H11N3. The van der Waals surface area contributed by atoms with Crippen molar-refractivity contribution in [2.45, 2.75) is 31.8 Å². The fraction of sp³-hybridized carbons (Fsp3) is 0.857. The van der Waals surface area contributed by atoms with Crippen LogP contribution in [0.5, 0.6) is 0 Å². The van der Waals surface area contributed by atoms with Crippen LogP contribution in [0.3, 0.4) is 0 Å². The normalized spacial score (nSPS) is 32.2. The summed E-state index contributed by atoms with van der Waals surface area (Å²) >= 11 is 0. The highest BCUT2D eigenvalue weighted by atomic mass is 15.3. The number of hydrogen-bond donors (Lipinski definition) is 0. The molecule has 54 valence electrons. The molecule has 1 aliphatic carbocycles. The monoisotopic (exact) mass is 137 g/mol. The van der Waals surface area contributed by atoms with Gasteiger partial charge >= 0.3 is 0 Å². The van der Waals surface area contributed by atoms with Crippen LogP contribution in [0.4, 0.5) is 0 Å². The van der Waals surface area contributed by atoms with E-state index in [4.69, 9.17) is 0 Å². The van der Waals surface area contributed by atoms with Crippen LogP contribution in [0.15, 0.2) is 15.2 Å². The van der Waals surface area contributed by atoms with Crippen molar-refractivity contribution < 1.29 is 0 Å². The lowest BCUT2D eigenvalue weighted by Crippen LogP contribution is -2.09. The van der Waals surface area contributed by atoms with Gasteiger partial charge in [-0.15, -0.1) is 5.11 Å². The van der Waals surface area contributed by atoms with Gasteiger partial charge in [-0.3, -0.25) is 0 Å². The third kappa shape index (κ3) is 0.958.